The number of rotatable bonds is 4. The Morgan fingerprint density at radius 2 is 1.64 bits per heavy atom. The largest absolute Gasteiger partial charge is 0.326 e. The van der Waals surface area contributed by atoms with E-state index in [9.17, 15) is 13.2 Å². The van der Waals surface area contributed by atoms with Crippen molar-refractivity contribution < 1.29 is 13.2 Å². The van der Waals surface area contributed by atoms with Gasteiger partial charge in [-0.25, -0.2) is 8.42 Å². The molecule has 0 atom stereocenters. The van der Waals surface area contributed by atoms with Crippen molar-refractivity contribution in [1.82, 2.24) is 0 Å². The summed E-state index contributed by atoms with van der Waals surface area (Å²) < 4.78 is 27.3. The van der Waals surface area contributed by atoms with Crippen molar-refractivity contribution in [2.75, 3.05) is 10.0 Å². The Bertz CT molecular complexity index is 814. The number of amides is 1. The fourth-order valence-electron chi connectivity index (χ4n) is 1.96. The van der Waals surface area contributed by atoms with Crippen LogP contribution in [0.1, 0.15) is 18.1 Å². The molecular formula is C16H18N2O3S. The molecule has 0 spiro atoms. The predicted octanol–water partition coefficient (Wildman–Crippen LogP) is 3.06. The first-order valence-electron chi connectivity index (χ1n) is 6.76. The Balaban J connectivity index is 2.28. The number of hydrogen-bond acceptors (Lipinski definition) is 3. The molecular weight excluding hydrogens is 300 g/mol. The minimum atomic E-state index is -3.66. The number of nitrogens with one attached hydrogen (secondary N) is 2. The highest BCUT2D eigenvalue weighted by Crippen LogP contribution is 2.21. The summed E-state index contributed by atoms with van der Waals surface area (Å²) >= 11 is 0. The molecule has 0 aliphatic heterocycles. The van der Waals surface area contributed by atoms with Gasteiger partial charge in [-0.05, 0) is 55.3 Å². The van der Waals surface area contributed by atoms with Crippen LogP contribution in [-0.4, -0.2) is 14.3 Å². The lowest BCUT2D eigenvalue weighted by Crippen LogP contribution is -2.13. The lowest BCUT2D eigenvalue weighted by molar-refractivity contribution is -0.114. The van der Waals surface area contributed by atoms with Crippen molar-refractivity contribution in [3.05, 3.63) is 53.6 Å². The van der Waals surface area contributed by atoms with Crippen LogP contribution in [0.2, 0.25) is 0 Å². The zero-order chi connectivity index (χ0) is 16.3. The van der Waals surface area contributed by atoms with Crippen LogP contribution < -0.4 is 10.0 Å². The van der Waals surface area contributed by atoms with E-state index in [1.165, 1.54) is 6.92 Å². The summed E-state index contributed by atoms with van der Waals surface area (Å²) in [4.78, 5) is 11.3. The molecule has 0 heterocycles. The van der Waals surface area contributed by atoms with E-state index in [0.717, 1.165) is 11.1 Å². The van der Waals surface area contributed by atoms with E-state index in [0.29, 0.717) is 11.4 Å². The monoisotopic (exact) mass is 318 g/mol. The van der Waals surface area contributed by atoms with Crippen molar-refractivity contribution in [1.29, 1.82) is 0 Å². The third-order valence-corrected chi connectivity index (χ3v) is 4.60. The normalized spacial score (nSPS) is 11.0. The van der Waals surface area contributed by atoms with Crippen LogP contribution in [0.4, 0.5) is 11.4 Å². The third-order valence-electron chi connectivity index (χ3n) is 3.22. The number of anilines is 2. The van der Waals surface area contributed by atoms with Crippen LogP contribution in [0.25, 0.3) is 0 Å². The average molecular weight is 318 g/mol. The van der Waals surface area contributed by atoms with E-state index >= 15 is 0 Å². The highest BCUT2D eigenvalue weighted by molar-refractivity contribution is 7.92. The second kappa shape index (κ2) is 6.19. The SMILES string of the molecule is CC(=O)Nc1cccc(NS(=O)(=O)c2ccc(C)c(C)c2)c1. The van der Waals surface area contributed by atoms with Crippen molar-refractivity contribution in [2.24, 2.45) is 0 Å². The first-order valence-corrected chi connectivity index (χ1v) is 8.24. The van der Waals surface area contributed by atoms with Crippen molar-refractivity contribution in [3.63, 3.8) is 0 Å². The molecule has 0 aromatic heterocycles. The summed E-state index contributed by atoms with van der Waals surface area (Å²) in [5, 5.41) is 2.61. The van der Waals surface area contributed by atoms with Gasteiger partial charge in [0, 0.05) is 12.6 Å². The molecule has 2 N–H and O–H groups in total. The van der Waals surface area contributed by atoms with E-state index in [2.05, 4.69) is 10.0 Å². The average Bonchev–Trinajstić information content (AvgIpc) is 2.40. The minimum absolute atomic E-state index is 0.209. The van der Waals surface area contributed by atoms with Crippen LogP contribution >= 0.6 is 0 Å². The van der Waals surface area contributed by atoms with E-state index < -0.39 is 10.0 Å². The summed E-state index contributed by atoms with van der Waals surface area (Å²) in [7, 11) is -3.66. The first-order chi connectivity index (χ1) is 10.3. The summed E-state index contributed by atoms with van der Waals surface area (Å²) in [6, 6.07) is 11.5. The van der Waals surface area contributed by atoms with Crippen molar-refractivity contribution in [3.8, 4) is 0 Å². The number of aryl methyl sites for hydroxylation is 2. The van der Waals surface area contributed by atoms with Gasteiger partial charge in [0.1, 0.15) is 0 Å². The lowest BCUT2D eigenvalue weighted by Gasteiger charge is -2.11. The lowest BCUT2D eigenvalue weighted by atomic mass is 10.1. The predicted molar refractivity (Wildman–Crippen MR) is 87.5 cm³/mol. The molecule has 6 heteroatoms. The number of hydrogen-bond donors (Lipinski definition) is 2. The fourth-order valence-corrected chi connectivity index (χ4v) is 3.09. The van der Waals surface area contributed by atoms with E-state index in [-0.39, 0.29) is 10.8 Å². The minimum Gasteiger partial charge on any atom is -0.326 e. The second-order valence-corrected chi connectivity index (χ2v) is 6.80. The quantitative estimate of drug-likeness (QED) is 0.909. The number of carbonyl (C=O) groups excluding carboxylic acids is 1. The molecule has 0 radical (unpaired) electrons. The highest BCUT2D eigenvalue weighted by atomic mass is 32.2. The molecule has 2 rings (SSSR count). The molecule has 0 saturated heterocycles. The van der Waals surface area contributed by atoms with Gasteiger partial charge < -0.3 is 5.32 Å². The Morgan fingerprint density at radius 1 is 0.955 bits per heavy atom. The van der Waals surface area contributed by atoms with Crippen molar-refractivity contribution in [2.45, 2.75) is 25.7 Å². The standard InChI is InChI=1S/C16H18N2O3S/c1-11-7-8-16(9-12(11)2)22(20,21)18-15-6-4-5-14(10-15)17-13(3)19/h4-10,18H,1-3H3,(H,17,19). The topological polar surface area (TPSA) is 75.3 Å². The second-order valence-electron chi connectivity index (χ2n) is 5.11. The molecule has 0 unspecified atom stereocenters. The summed E-state index contributed by atoms with van der Waals surface area (Å²) in [5.41, 5.74) is 2.87. The van der Waals surface area contributed by atoms with Gasteiger partial charge in [0.05, 0.1) is 10.6 Å². The first kappa shape index (κ1) is 16.0. The maximum atomic E-state index is 12.4. The van der Waals surface area contributed by atoms with E-state index in [4.69, 9.17) is 0 Å². The zero-order valence-corrected chi connectivity index (χ0v) is 13.5. The van der Waals surface area contributed by atoms with Gasteiger partial charge in [-0.3, -0.25) is 9.52 Å². The van der Waals surface area contributed by atoms with E-state index in [1.54, 1.807) is 42.5 Å². The smallest absolute Gasteiger partial charge is 0.261 e. The van der Waals surface area contributed by atoms with Gasteiger partial charge >= 0.3 is 0 Å². The molecule has 0 bridgehead atoms. The molecule has 116 valence electrons. The maximum Gasteiger partial charge on any atom is 0.261 e. The Labute approximate surface area is 130 Å². The number of benzene rings is 2. The van der Waals surface area contributed by atoms with Crippen LogP contribution in [0.15, 0.2) is 47.4 Å². The summed E-state index contributed by atoms with van der Waals surface area (Å²) in [6.45, 7) is 5.19. The third kappa shape index (κ3) is 3.85. The highest BCUT2D eigenvalue weighted by Gasteiger charge is 2.15. The van der Waals surface area contributed by atoms with Gasteiger partial charge in [-0.2, -0.15) is 0 Å². The molecule has 0 fully saturated rings. The molecule has 2 aromatic rings. The summed E-state index contributed by atoms with van der Waals surface area (Å²) in [5.74, 6) is -0.214. The van der Waals surface area contributed by atoms with Gasteiger partial charge in [-0.1, -0.05) is 12.1 Å². The van der Waals surface area contributed by atoms with Crippen LogP contribution in [0.3, 0.4) is 0 Å². The molecule has 22 heavy (non-hydrogen) atoms. The van der Waals surface area contributed by atoms with Crippen molar-refractivity contribution >= 4 is 27.3 Å². The molecule has 0 saturated carbocycles. The molecule has 5 nitrogen and oxygen atoms in total. The number of sulfonamides is 1. The van der Waals surface area contributed by atoms with Gasteiger partial charge in [0.25, 0.3) is 10.0 Å². The molecule has 1 amide bonds. The molecule has 0 aliphatic carbocycles. The molecule has 0 aliphatic rings. The Morgan fingerprint density at radius 3 is 2.27 bits per heavy atom. The molecule has 2 aromatic carbocycles. The maximum absolute atomic E-state index is 12.4. The fraction of sp³-hybridized carbons (Fsp3) is 0.188. The van der Waals surface area contributed by atoms with E-state index in [1.807, 2.05) is 13.8 Å². The van der Waals surface area contributed by atoms with Crippen LogP contribution in [-0.2, 0) is 14.8 Å². The van der Waals surface area contributed by atoms with Crippen LogP contribution in [0.5, 0.6) is 0 Å². The van der Waals surface area contributed by atoms with Crippen LogP contribution in [0, 0.1) is 13.8 Å². The van der Waals surface area contributed by atoms with Gasteiger partial charge in [0.2, 0.25) is 5.91 Å². The Hall–Kier alpha value is -2.34. The van der Waals surface area contributed by atoms with Gasteiger partial charge in [-0.15, -0.1) is 0 Å². The number of carbonyl (C=O) groups is 1. The zero-order valence-electron chi connectivity index (χ0n) is 12.7. The Kier molecular flexibility index (Phi) is 4.51. The summed E-state index contributed by atoms with van der Waals surface area (Å²) in [6.07, 6.45) is 0. The van der Waals surface area contributed by atoms with Gasteiger partial charge in [0.15, 0.2) is 0 Å².